The van der Waals surface area contributed by atoms with Gasteiger partial charge in [-0.1, -0.05) is 61.8 Å². The Morgan fingerprint density at radius 3 is 1.95 bits per heavy atom. The van der Waals surface area contributed by atoms with E-state index in [1.165, 1.54) is 16.7 Å². The van der Waals surface area contributed by atoms with Crippen molar-refractivity contribution in [3.8, 4) is 0 Å². The van der Waals surface area contributed by atoms with Crippen LogP contribution in [0.3, 0.4) is 0 Å². The molecular weight excluding hydrogens is 555 g/mol. The van der Waals surface area contributed by atoms with E-state index >= 15 is 0 Å². The van der Waals surface area contributed by atoms with Crippen LogP contribution in [0.25, 0.3) is 0 Å². The summed E-state index contributed by atoms with van der Waals surface area (Å²) in [5, 5.41) is 10.9. The van der Waals surface area contributed by atoms with Crippen molar-refractivity contribution in [2.45, 2.75) is 45.5 Å². The molecule has 0 atom stereocenters. The molecule has 0 unspecified atom stereocenters. The minimum absolute atomic E-state index is 0.0738. The number of amides is 1. The Balaban J connectivity index is 0.000000587. The summed E-state index contributed by atoms with van der Waals surface area (Å²) in [4.78, 5) is 26.6. The molecule has 1 aliphatic rings. The highest BCUT2D eigenvalue weighted by Crippen LogP contribution is 2.19. The van der Waals surface area contributed by atoms with Gasteiger partial charge in [0.1, 0.15) is 0 Å². The largest absolute Gasteiger partial charge is 0.490 e. The molecule has 1 amide bonds. The summed E-state index contributed by atoms with van der Waals surface area (Å²) >= 11 is 6.14. The third-order valence-corrected chi connectivity index (χ3v) is 6.91. The summed E-state index contributed by atoms with van der Waals surface area (Å²) in [6.07, 6.45) is -3.93. The first kappa shape index (κ1) is 32.1. The first-order chi connectivity index (χ1) is 19.4. The normalized spacial score (nSPS) is 14.6. The molecule has 41 heavy (non-hydrogen) atoms. The number of hydrogen-bond acceptors (Lipinski definition) is 4. The molecule has 3 aromatic carbocycles. The van der Waals surface area contributed by atoms with Crippen molar-refractivity contribution in [2.24, 2.45) is 0 Å². The van der Waals surface area contributed by atoms with Crippen molar-refractivity contribution >= 4 is 29.2 Å². The standard InChI is InChI=1S/C29H34ClN3O.C2HF3O2/c1-22(2)25-11-13-28(14-12-25)31-29(34)26-9-7-23(8-10-26)20-32-15-4-16-33(18-17-32)21-24-5-3-6-27(30)19-24;3-2(4,5)1(6)7/h3,5-14,19,22H,4,15-18,20-21H2,1-2H3,(H,31,34);(H,6,7). The molecule has 0 saturated carbocycles. The fourth-order valence-corrected chi connectivity index (χ4v) is 4.62. The second kappa shape index (κ2) is 15.0. The molecule has 220 valence electrons. The summed E-state index contributed by atoms with van der Waals surface area (Å²) in [5.41, 5.74) is 5.28. The highest BCUT2D eigenvalue weighted by molar-refractivity contribution is 6.30. The Morgan fingerprint density at radius 2 is 1.44 bits per heavy atom. The van der Waals surface area contributed by atoms with Crippen molar-refractivity contribution in [3.05, 3.63) is 100 Å². The Morgan fingerprint density at radius 1 is 0.878 bits per heavy atom. The van der Waals surface area contributed by atoms with Crippen molar-refractivity contribution in [1.82, 2.24) is 9.80 Å². The highest BCUT2D eigenvalue weighted by Gasteiger charge is 2.38. The van der Waals surface area contributed by atoms with Gasteiger partial charge in [-0.05, 0) is 78.5 Å². The third-order valence-electron chi connectivity index (χ3n) is 6.68. The summed E-state index contributed by atoms with van der Waals surface area (Å²) in [6.45, 7) is 10.4. The first-order valence-corrected chi connectivity index (χ1v) is 13.8. The molecule has 1 saturated heterocycles. The molecule has 6 nitrogen and oxygen atoms in total. The maximum absolute atomic E-state index is 12.7. The summed E-state index contributed by atoms with van der Waals surface area (Å²) < 4.78 is 31.7. The second-order valence-electron chi connectivity index (χ2n) is 10.3. The van der Waals surface area contributed by atoms with E-state index in [-0.39, 0.29) is 5.91 Å². The molecule has 1 heterocycles. The van der Waals surface area contributed by atoms with E-state index in [0.29, 0.717) is 11.5 Å². The Kier molecular flexibility index (Phi) is 11.8. The molecule has 0 aromatic heterocycles. The van der Waals surface area contributed by atoms with E-state index < -0.39 is 12.1 Å². The van der Waals surface area contributed by atoms with Gasteiger partial charge in [0.15, 0.2) is 0 Å². The van der Waals surface area contributed by atoms with Crippen LogP contribution in [0, 0.1) is 0 Å². The number of hydrogen-bond donors (Lipinski definition) is 2. The second-order valence-corrected chi connectivity index (χ2v) is 10.7. The quantitative estimate of drug-likeness (QED) is 0.309. The van der Waals surface area contributed by atoms with Crippen molar-refractivity contribution in [3.63, 3.8) is 0 Å². The van der Waals surface area contributed by atoms with Gasteiger partial charge >= 0.3 is 12.1 Å². The highest BCUT2D eigenvalue weighted by atomic mass is 35.5. The average molecular weight is 590 g/mol. The summed E-state index contributed by atoms with van der Waals surface area (Å²) in [7, 11) is 0. The fraction of sp³-hybridized carbons (Fsp3) is 0.355. The Bertz CT molecular complexity index is 1280. The molecule has 0 bridgehead atoms. The predicted octanol–water partition coefficient (Wildman–Crippen LogP) is 7.06. The lowest BCUT2D eigenvalue weighted by Gasteiger charge is -2.22. The number of rotatable bonds is 7. The molecule has 2 N–H and O–H groups in total. The van der Waals surface area contributed by atoms with Crippen LogP contribution in [0.2, 0.25) is 5.02 Å². The van der Waals surface area contributed by atoms with Crippen LogP contribution >= 0.6 is 11.6 Å². The lowest BCUT2D eigenvalue weighted by Crippen LogP contribution is -2.30. The lowest BCUT2D eigenvalue weighted by molar-refractivity contribution is -0.192. The Hall–Kier alpha value is -3.40. The number of carboxylic acid groups (broad SMARTS) is 1. The smallest absolute Gasteiger partial charge is 0.475 e. The van der Waals surface area contributed by atoms with Crippen molar-refractivity contribution < 1.29 is 27.9 Å². The maximum Gasteiger partial charge on any atom is 0.490 e. The van der Waals surface area contributed by atoms with Crippen LogP contribution in [-0.2, 0) is 17.9 Å². The fourth-order valence-electron chi connectivity index (χ4n) is 4.41. The number of aliphatic carboxylic acids is 1. The van der Waals surface area contributed by atoms with Gasteiger partial charge in [0.25, 0.3) is 5.91 Å². The number of carbonyl (C=O) groups excluding carboxylic acids is 1. The number of halogens is 4. The van der Waals surface area contributed by atoms with Gasteiger partial charge in [0.2, 0.25) is 0 Å². The van der Waals surface area contributed by atoms with Gasteiger partial charge in [-0.2, -0.15) is 13.2 Å². The van der Waals surface area contributed by atoms with Crippen LogP contribution in [0.5, 0.6) is 0 Å². The molecule has 10 heteroatoms. The lowest BCUT2D eigenvalue weighted by atomic mass is 10.0. The van der Waals surface area contributed by atoms with E-state index in [1.807, 2.05) is 36.4 Å². The molecule has 0 aliphatic carbocycles. The van der Waals surface area contributed by atoms with Gasteiger partial charge in [0.05, 0.1) is 0 Å². The SMILES string of the molecule is CC(C)c1ccc(NC(=O)c2ccc(CN3CCCN(Cc4cccc(Cl)c4)CC3)cc2)cc1.O=C(O)C(F)(F)F. The van der Waals surface area contributed by atoms with E-state index in [9.17, 15) is 18.0 Å². The minimum Gasteiger partial charge on any atom is -0.475 e. The van der Waals surface area contributed by atoms with Gasteiger partial charge in [-0.3, -0.25) is 14.6 Å². The minimum atomic E-state index is -5.08. The molecule has 4 rings (SSSR count). The maximum atomic E-state index is 12.7. The zero-order valence-corrected chi connectivity index (χ0v) is 23.9. The number of nitrogens with zero attached hydrogens (tertiary/aromatic N) is 2. The number of carboxylic acids is 1. The molecule has 3 aromatic rings. The molecule has 1 aliphatic heterocycles. The molecule has 0 spiro atoms. The van der Waals surface area contributed by atoms with E-state index in [1.54, 1.807) is 0 Å². The van der Waals surface area contributed by atoms with Crippen LogP contribution in [0.4, 0.5) is 18.9 Å². The van der Waals surface area contributed by atoms with Crippen LogP contribution < -0.4 is 5.32 Å². The first-order valence-electron chi connectivity index (χ1n) is 13.4. The van der Waals surface area contributed by atoms with E-state index in [0.717, 1.165) is 56.4 Å². The molecular formula is C31H35ClF3N3O3. The number of nitrogens with one attached hydrogen (secondary N) is 1. The number of benzene rings is 3. The number of anilines is 1. The van der Waals surface area contributed by atoms with Gasteiger partial charge < -0.3 is 10.4 Å². The van der Waals surface area contributed by atoms with Gasteiger partial charge in [0, 0.05) is 42.5 Å². The number of carbonyl (C=O) groups is 2. The third kappa shape index (κ3) is 10.8. The predicted molar refractivity (Wildman–Crippen MR) is 155 cm³/mol. The van der Waals surface area contributed by atoms with Crippen LogP contribution in [-0.4, -0.2) is 59.1 Å². The van der Waals surface area contributed by atoms with Gasteiger partial charge in [-0.25, -0.2) is 4.79 Å². The van der Waals surface area contributed by atoms with Crippen molar-refractivity contribution in [1.29, 1.82) is 0 Å². The summed E-state index contributed by atoms with van der Waals surface area (Å²) in [6, 6.07) is 24.2. The van der Waals surface area contributed by atoms with Crippen molar-refractivity contribution in [2.75, 3.05) is 31.5 Å². The average Bonchev–Trinajstić information content (AvgIpc) is 3.14. The zero-order chi connectivity index (χ0) is 30.0. The number of alkyl halides is 3. The van der Waals surface area contributed by atoms with Crippen LogP contribution in [0.15, 0.2) is 72.8 Å². The van der Waals surface area contributed by atoms with E-state index in [2.05, 4.69) is 65.4 Å². The van der Waals surface area contributed by atoms with Crippen LogP contribution in [0.1, 0.15) is 53.2 Å². The topological polar surface area (TPSA) is 72.9 Å². The molecule has 0 radical (unpaired) electrons. The van der Waals surface area contributed by atoms with Gasteiger partial charge in [-0.15, -0.1) is 0 Å². The van der Waals surface area contributed by atoms with E-state index in [4.69, 9.17) is 21.5 Å². The zero-order valence-electron chi connectivity index (χ0n) is 23.1. The summed E-state index contributed by atoms with van der Waals surface area (Å²) in [5.74, 6) is -2.35. The Labute approximate surface area is 243 Å². The molecule has 1 fully saturated rings. The monoisotopic (exact) mass is 589 g/mol.